The van der Waals surface area contributed by atoms with Gasteiger partial charge in [0.25, 0.3) is 0 Å². The van der Waals surface area contributed by atoms with E-state index in [0.717, 1.165) is 18.4 Å². The Hall–Kier alpha value is -0.610. The molecule has 0 radical (unpaired) electrons. The average molecular weight is 293 g/mol. The summed E-state index contributed by atoms with van der Waals surface area (Å²) in [5, 5.41) is 4.89. The van der Waals surface area contributed by atoms with Crippen LogP contribution in [0.15, 0.2) is 0 Å². The fourth-order valence-electron chi connectivity index (χ4n) is 2.74. The van der Waals surface area contributed by atoms with Crippen LogP contribution >= 0.6 is 11.3 Å². The van der Waals surface area contributed by atoms with Crippen LogP contribution in [0.4, 0.5) is 5.13 Å². The Morgan fingerprint density at radius 2 is 2.05 bits per heavy atom. The van der Waals surface area contributed by atoms with E-state index >= 15 is 0 Å². The summed E-state index contributed by atoms with van der Waals surface area (Å²) in [6, 6.07) is 0. The molecule has 1 atom stereocenters. The third-order valence-corrected chi connectivity index (χ3v) is 5.29. The van der Waals surface area contributed by atoms with E-state index in [4.69, 9.17) is 4.98 Å². The summed E-state index contributed by atoms with van der Waals surface area (Å²) in [4.78, 5) is 8.95. The zero-order valence-corrected chi connectivity index (χ0v) is 14.0. The van der Waals surface area contributed by atoms with Crippen molar-refractivity contribution in [3.63, 3.8) is 0 Å². The van der Waals surface area contributed by atoms with E-state index in [9.17, 15) is 0 Å². The Labute approximate surface area is 126 Å². The maximum absolute atomic E-state index is 4.99. The van der Waals surface area contributed by atoms with E-state index in [-0.39, 0.29) is 5.54 Å². The fourth-order valence-corrected chi connectivity index (χ4v) is 3.86. The molecule has 1 aromatic rings. The van der Waals surface area contributed by atoms with Crippen molar-refractivity contribution in [3.05, 3.63) is 10.6 Å². The molecule has 1 aliphatic heterocycles. The minimum absolute atomic E-state index is 0.174. The van der Waals surface area contributed by atoms with Crippen LogP contribution in [-0.4, -0.2) is 23.6 Å². The SMILES string of the molecule is CC1CCN(c2nc(C3CC3)c(CNC(C)(C)C)s2)C1. The molecule has 1 saturated carbocycles. The smallest absolute Gasteiger partial charge is 0.185 e. The van der Waals surface area contributed by atoms with Crippen molar-refractivity contribution >= 4 is 16.5 Å². The number of aromatic nitrogens is 1. The molecule has 0 spiro atoms. The highest BCUT2D eigenvalue weighted by Crippen LogP contribution is 2.44. The van der Waals surface area contributed by atoms with Gasteiger partial charge in [-0.15, -0.1) is 11.3 Å². The molecule has 0 amide bonds. The van der Waals surface area contributed by atoms with Crippen LogP contribution in [0.2, 0.25) is 0 Å². The lowest BCUT2D eigenvalue weighted by molar-refractivity contribution is 0.425. The summed E-state index contributed by atoms with van der Waals surface area (Å²) in [6.07, 6.45) is 3.98. The largest absolute Gasteiger partial charge is 0.348 e. The molecule has 112 valence electrons. The topological polar surface area (TPSA) is 28.2 Å². The molecular formula is C16H27N3S. The maximum Gasteiger partial charge on any atom is 0.185 e. The number of rotatable bonds is 4. The summed E-state index contributed by atoms with van der Waals surface area (Å²) in [5.74, 6) is 1.57. The van der Waals surface area contributed by atoms with Gasteiger partial charge in [0.15, 0.2) is 5.13 Å². The molecule has 0 bridgehead atoms. The Morgan fingerprint density at radius 1 is 1.30 bits per heavy atom. The van der Waals surface area contributed by atoms with Crippen molar-refractivity contribution in [1.29, 1.82) is 0 Å². The molecule has 1 aromatic heterocycles. The van der Waals surface area contributed by atoms with Gasteiger partial charge in [-0.05, 0) is 46.0 Å². The Bertz CT molecular complexity index is 471. The molecule has 2 heterocycles. The number of nitrogens with zero attached hydrogens (tertiary/aromatic N) is 2. The van der Waals surface area contributed by atoms with Crippen LogP contribution in [0.1, 0.15) is 63.4 Å². The van der Waals surface area contributed by atoms with Gasteiger partial charge in [0.2, 0.25) is 0 Å². The van der Waals surface area contributed by atoms with Crippen LogP contribution in [0.5, 0.6) is 0 Å². The van der Waals surface area contributed by atoms with Crippen LogP contribution in [-0.2, 0) is 6.54 Å². The van der Waals surface area contributed by atoms with Gasteiger partial charge < -0.3 is 10.2 Å². The third kappa shape index (κ3) is 3.34. The zero-order valence-electron chi connectivity index (χ0n) is 13.2. The third-order valence-electron chi connectivity index (χ3n) is 4.15. The lowest BCUT2D eigenvalue weighted by atomic mass is 10.1. The van der Waals surface area contributed by atoms with Gasteiger partial charge in [-0.2, -0.15) is 0 Å². The first-order valence-corrected chi connectivity index (χ1v) is 8.73. The quantitative estimate of drug-likeness (QED) is 0.916. The zero-order chi connectivity index (χ0) is 14.3. The molecule has 1 aliphatic carbocycles. The number of thiazole rings is 1. The van der Waals surface area contributed by atoms with Gasteiger partial charge in [-0.25, -0.2) is 4.98 Å². The monoisotopic (exact) mass is 293 g/mol. The molecule has 1 unspecified atom stereocenters. The molecule has 2 fully saturated rings. The number of hydrogen-bond acceptors (Lipinski definition) is 4. The molecule has 1 N–H and O–H groups in total. The van der Waals surface area contributed by atoms with Gasteiger partial charge in [0.1, 0.15) is 0 Å². The maximum atomic E-state index is 4.99. The summed E-state index contributed by atoms with van der Waals surface area (Å²) in [5.41, 5.74) is 1.56. The van der Waals surface area contributed by atoms with E-state index in [2.05, 4.69) is 37.9 Å². The second kappa shape index (κ2) is 5.30. The summed E-state index contributed by atoms with van der Waals surface area (Å²) >= 11 is 1.92. The molecule has 1 saturated heterocycles. The van der Waals surface area contributed by atoms with Crippen LogP contribution in [0, 0.1) is 5.92 Å². The molecule has 3 rings (SSSR count). The fraction of sp³-hybridized carbons (Fsp3) is 0.812. The minimum Gasteiger partial charge on any atom is -0.348 e. The molecule has 0 aromatic carbocycles. The van der Waals surface area contributed by atoms with Crippen LogP contribution in [0.3, 0.4) is 0 Å². The van der Waals surface area contributed by atoms with Crippen molar-refractivity contribution in [3.8, 4) is 0 Å². The van der Waals surface area contributed by atoms with E-state index in [1.165, 1.54) is 48.1 Å². The highest BCUT2D eigenvalue weighted by Gasteiger charge is 2.31. The van der Waals surface area contributed by atoms with Crippen molar-refractivity contribution in [1.82, 2.24) is 10.3 Å². The van der Waals surface area contributed by atoms with Gasteiger partial charge in [0, 0.05) is 36.0 Å². The standard InChI is InChI=1S/C16H27N3S/c1-11-7-8-19(10-11)15-18-14(12-5-6-12)13(20-15)9-17-16(2,3)4/h11-12,17H,5-10H2,1-4H3. The predicted octanol–water partition coefficient (Wildman–Crippen LogP) is 3.75. The number of hydrogen-bond donors (Lipinski definition) is 1. The lowest BCUT2D eigenvalue weighted by Gasteiger charge is -2.20. The molecule has 4 heteroatoms. The first kappa shape index (κ1) is 14.3. The highest BCUT2D eigenvalue weighted by molar-refractivity contribution is 7.15. The average Bonchev–Trinajstić information content (AvgIpc) is 2.96. The molecule has 3 nitrogen and oxygen atoms in total. The second-order valence-corrected chi connectivity index (χ2v) is 8.58. The van der Waals surface area contributed by atoms with E-state index in [1.807, 2.05) is 11.3 Å². The van der Waals surface area contributed by atoms with Crippen molar-refractivity contribution in [2.45, 2.75) is 65.0 Å². The van der Waals surface area contributed by atoms with Crippen LogP contribution in [0.25, 0.3) is 0 Å². The summed E-state index contributed by atoms with van der Waals surface area (Å²) in [6.45, 7) is 12.4. The van der Waals surface area contributed by atoms with Gasteiger partial charge >= 0.3 is 0 Å². The van der Waals surface area contributed by atoms with Crippen LogP contribution < -0.4 is 10.2 Å². The summed E-state index contributed by atoms with van der Waals surface area (Å²) < 4.78 is 0. The Balaban J connectivity index is 1.76. The minimum atomic E-state index is 0.174. The Kier molecular flexibility index (Phi) is 3.80. The normalized spacial score (nSPS) is 23.6. The van der Waals surface area contributed by atoms with Gasteiger partial charge in [-0.3, -0.25) is 0 Å². The van der Waals surface area contributed by atoms with Crippen molar-refractivity contribution < 1.29 is 0 Å². The summed E-state index contributed by atoms with van der Waals surface area (Å²) in [7, 11) is 0. The lowest BCUT2D eigenvalue weighted by Crippen LogP contribution is -2.35. The number of nitrogens with one attached hydrogen (secondary N) is 1. The van der Waals surface area contributed by atoms with E-state index in [1.54, 1.807) is 0 Å². The first-order chi connectivity index (χ1) is 9.42. The van der Waals surface area contributed by atoms with E-state index in [0.29, 0.717) is 0 Å². The number of anilines is 1. The first-order valence-electron chi connectivity index (χ1n) is 7.92. The highest BCUT2D eigenvalue weighted by atomic mass is 32.1. The van der Waals surface area contributed by atoms with Crippen molar-refractivity contribution in [2.75, 3.05) is 18.0 Å². The second-order valence-electron chi connectivity index (χ2n) is 7.52. The van der Waals surface area contributed by atoms with Gasteiger partial charge in [-0.1, -0.05) is 6.92 Å². The predicted molar refractivity (Wildman–Crippen MR) is 86.7 cm³/mol. The molecular weight excluding hydrogens is 266 g/mol. The van der Waals surface area contributed by atoms with E-state index < -0.39 is 0 Å². The van der Waals surface area contributed by atoms with Gasteiger partial charge in [0.05, 0.1) is 5.69 Å². The molecule has 2 aliphatic rings. The van der Waals surface area contributed by atoms with Crippen molar-refractivity contribution in [2.24, 2.45) is 5.92 Å². The Morgan fingerprint density at radius 3 is 2.60 bits per heavy atom. The molecule has 20 heavy (non-hydrogen) atoms.